The molecule has 82 valence electrons. The molecule has 0 aliphatic carbocycles. The normalized spacial score (nSPS) is 9.93. The van der Waals surface area contributed by atoms with Crippen molar-refractivity contribution in [3.05, 3.63) is 33.1 Å². The quantitative estimate of drug-likeness (QED) is 0.684. The molecule has 2 N–H and O–H groups in total. The molecule has 0 fully saturated rings. The van der Waals surface area contributed by atoms with Crippen molar-refractivity contribution in [1.82, 2.24) is 14.9 Å². The van der Waals surface area contributed by atoms with E-state index in [2.05, 4.69) is 5.32 Å². The average Bonchev–Trinajstić information content (AvgIpc) is 2.17. The van der Waals surface area contributed by atoms with Crippen LogP contribution in [0.5, 0.6) is 0 Å². The molecule has 0 aliphatic heterocycles. The van der Waals surface area contributed by atoms with E-state index < -0.39 is 17.3 Å². The van der Waals surface area contributed by atoms with Crippen molar-refractivity contribution in [2.24, 2.45) is 0 Å². The van der Waals surface area contributed by atoms with Crippen LogP contribution in [-0.4, -0.2) is 22.1 Å². The predicted molar refractivity (Wildman–Crippen MR) is 55.0 cm³/mol. The lowest BCUT2D eigenvalue weighted by molar-refractivity contribution is 0.241. The molecule has 0 atom stereocenters. The van der Waals surface area contributed by atoms with E-state index in [1.807, 2.05) is 11.9 Å². The zero-order valence-corrected chi connectivity index (χ0v) is 8.45. The lowest BCUT2D eigenvalue weighted by Crippen LogP contribution is -2.39. The van der Waals surface area contributed by atoms with Crippen LogP contribution in [0.15, 0.2) is 21.9 Å². The first-order valence-corrected chi connectivity index (χ1v) is 4.75. The summed E-state index contributed by atoms with van der Waals surface area (Å²) in [5, 5.41) is 2.56. The first-order valence-electron chi connectivity index (χ1n) is 4.75. The monoisotopic (exact) mass is 211 g/mol. The number of carbonyl (C=O) groups excluding carboxylic acids is 1. The second-order valence-electron chi connectivity index (χ2n) is 3.07. The smallest absolute Gasteiger partial charge is 0.336 e. The summed E-state index contributed by atoms with van der Waals surface area (Å²) in [5.41, 5.74) is -1.24. The van der Waals surface area contributed by atoms with Crippen LogP contribution < -0.4 is 16.6 Å². The molecule has 0 bridgehead atoms. The Balaban J connectivity index is 2.74. The van der Waals surface area contributed by atoms with E-state index in [9.17, 15) is 14.4 Å². The molecule has 0 aromatic carbocycles. The van der Waals surface area contributed by atoms with Gasteiger partial charge in [-0.05, 0) is 6.42 Å². The molecule has 0 saturated heterocycles. The summed E-state index contributed by atoms with van der Waals surface area (Å²) >= 11 is 0. The molecule has 1 amide bonds. The van der Waals surface area contributed by atoms with E-state index in [1.165, 1.54) is 0 Å². The molecular weight excluding hydrogens is 198 g/mol. The van der Waals surface area contributed by atoms with Crippen molar-refractivity contribution in [3.63, 3.8) is 0 Å². The van der Waals surface area contributed by atoms with Crippen LogP contribution in [-0.2, 0) is 0 Å². The summed E-state index contributed by atoms with van der Waals surface area (Å²) in [4.78, 5) is 35.3. The first-order chi connectivity index (χ1) is 7.15. The van der Waals surface area contributed by atoms with Gasteiger partial charge in [0.05, 0.1) is 0 Å². The Hall–Kier alpha value is -1.85. The van der Waals surface area contributed by atoms with E-state index in [1.54, 1.807) is 0 Å². The van der Waals surface area contributed by atoms with E-state index >= 15 is 0 Å². The second-order valence-corrected chi connectivity index (χ2v) is 3.07. The summed E-state index contributed by atoms with van der Waals surface area (Å²) < 4.78 is 0.830. The highest BCUT2D eigenvalue weighted by molar-refractivity contribution is 5.76. The highest BCUT2D eigenvalue weighted by Crippen LogP contribution is 1.83. The van der Waals surface area contributed by atoms with Crippen molar-refractivity contribution >= 4 is 6.03 Å². The zero-order valence-electron chi connectivity index (χ0n) is 8.45. The highest BCUT2D eigenvalue weighted by atomic mass is 16.2. The van der Waals surface area contributed by atoms with Crippen molar-refractivity contribution in [3.8, 4) is 0 Å². The lowest BCUT2D eigenvalue weighted by Gasteiger charge is -2.04. The molecule has 0 saturated carbocycles. The van der Waals surface area contributed by atoms with E-state index in [0.717, 1.165) is 29.7 Å². The third-order valence-corrected chi connectivity index (χ3v) is 1.85. The number of aromatic amines is 1. The predicted octanol–water partition coefficient (Wildman–Crippen LogP) is -0.106. The van der Waals surface area contributed by atoms with E-state index in [0.29, 0.717) is 6.54 Å². The molecule has 1 aromatic rings. The Morgan fingerprint density at radius 1 is 1.53 bits per heavy atom. The van der Waals surface area contributed by atoms with Crippen molar-refractivity contribution < 1.29 is 4.79 Å². The third kappa shape index (κ3) is 3.08. The van der Waals surface area contributed by atoms with Gasteiger partial charge in [0, 0.05) is 18.8 Å². The van der Waals surface area contributed by atoms with Crippen LogP contribution in [0.25, 0.3) is 0 Å². The van der Waals surface area contributed by atoms with Gasteiger partial charge < -0.3 is 5.32 Å². The molecule has 1 aromatic heterocycles. The van der Waals surface area contributed by atoms with Gasteiger partial charge in [0.1, 0.15) is 0 Å². The van der Waals surface area contributed by atoms with Gasteiger partial charge >= 0.3 is 11.7 Å². The molecule has 6 nitrogen and oxygen atoms in total. The highest BCUT2D eigenvalue weighted by Gasteiger charge is 2.05. The molecule has 0 radical (unpaired) electrons. The fourth-order valence-electron chi connectivity index (χ4n) is 1.03. The Kier molecular flexibility index (Phi) is 3.84. The maximum absolute atomic E-state index is 11.4. The summed E-state index contributed by atoms with van der Waals surface area (Å²) in [7, 11) is 0. The number of amides is 1. The topological polar surface area (TPSA) is 84.0 Å². The molecule has 0 aliphatic rings. The van der Waals surface area contributed by atoms with Crippen LogP contribution in [0.3, 0.4) is 0 Å². The standard InChI is InChI=1S/C9H13N3O3/c1-2-3-5-10-8(14)12-6-4-7(13)11-9(12)15/h4,6H,2-3,5H2,1H3,(H,10,14)(H,11,13,15). The van der Waals surface area contributed by atoms with Gasteiger partial charge in [-0.3, -0.25) is 9.78 Å². The number of aromatic nitrogens is 2. The van der Waals surface area contributed by atoms with Gasteiger partial charge in [0.2, 0.25) is 0 Å². The number of H-pyrrole nitrogens is 1. The van der Waals surface area contributed by atoms with E-state index in [4.69, 9.17) is 0 Å². The van der Waals surface area contributed by atoms with Crippen LogP contribution in [0.1, 0.15) is 19.8 Å². The SMILES string of the molecule is CCCCNC(=O)n1ccc(=O)[nH]c1=O. The van der Waals surface area contributed by atoms with Crippen molar-refractivity contribution in [2.75, 3.05) is 6.54 Å². The van der Waals surface area contributed by atoms with Gasteiger partial charge in [-0.1, -0.05) is 13.3 Å². The van der Waals surface area contributed by atoms with Crippen LogP contribution in [0.2, 0.25) is 0 Å². The number of nitrogens with zero attached hydrogens (tertiary/aromatic N) is 1. The zero-order chi connectivity index (χ0) is 11.3. The maximum atomic E-state index is 11.4. The number of hydrogen-bond acceptors (Lipinski definition) is 3. The summed E-state index contributed by atoms with van der Waals surface area (Å²) in [6.07, 6.45) is 2.97. The molecular formula is C9H13N3O3. The van der Waals surface area contributed by atoms with Crippen molar-refractivity contribution in [2.45, 2.75) is 19.8 Å². The van der Waals surface area contributed by atoms with Crippen LogP contribution in [0.4, 0.5) is 4.79 Å². The molecule has 1 rings (SSSR count). The Morgan fingerprint density at radius 2 is 2.27 bits per heavy atom. The molecule has 6 heteroatoms. The minimum absolute atomic E-state index is 0.515. The van der Waals surface area contributed by atoms with E-state index in [-0.39, 0.29) is 0 Å². The maximum Gasteiger partial charge on any atom is 0.336 e. The number of carbonyl (C=O) groups is 1. The number of rotatable bonds is 3. The summed E-state index contributed by atoms with van der Waals surface area (Å²) in [5.74, 6) is 0. The number of unbranched alkanes of at least 4 members (excludes halogenated alkanes) is 1. The Bertz CT molecular complexity index is 446. The van der Waals surface area contributed by atoms with Gasteiger partial charge in [-0.25, -0.2) is 14.2 Å². The third-order valence-electron chi connectivity index (χ3n) is 1.85. The molecule has 0 spiro atoms. The minimum atomic E-state index is -0.725. The largest absolute Gasteiger partial charge is 0.337 e. The van der Waals surface area contributed by atoms with Crippen LogP contribution in [0, 0.1) is 0 Å². The first kappa shape index (κ1) is 11.2. The minimum Gasteiger partial charge on any atom is -0.337 e. The summed E-state index contributed by atoms with van der Waals surface area (Å²) in [6.45, 7) is 2.51. The van der Waals surface area contributed by atoms with Crippen LogP contribution >= 0.6 is 0 Å². The second kappa shape index (κ2) is 5.14. The average molecular weight is 211 g/mol. The molecule has 0 unspecified atom stereocenters. The Labute approximate surface area is 85.9 Å². The number of hydrogen-bond donors (Lipinski definition) is 2. The lowest BCUT2D eigenvalue weighted by atomic mass is 10.3. The van der Waals surface area contributed by atoms with Crippen molar-refractivity contribution in [1.29, 1.82) is 0 Å². The Morgan fingerprint density at radius 3 is 2.87 bits per heavy atom. The van der Waals surface area contributed by atoms with Gasteiger partial charge in [0.15, 0.2) is 0 Å². The number of nitrogens with one attached hydrogen (secondary N) is 2. The molecule has 1 heterocycles. The van der Waals surface area contributed by atoms with Gasteiger partial charge in [-0.2, -0.15) is 0 Å². The molecule has 15 heavy (non-hydrogen) atoms. The fraction of sp³-hybridized carbons (Fsp3) is 0.444. The fourth-order valence-corrected chi connectivity index (χ4v) is 1.03. The van der Waals surface area contributed by atoms with Gasteiger partial charge in [-0.15, -0.1) is 0 Å². The summed E-state index contributed by atoms with van der Waals surface area (Å²) in [6, 6.07) is 0.602. The van der Waals surface area contributed by atoms with Gasteiger partial charge in [0.25, 0.3) is 5.56 Å².